The minimum atomic E-state index is 0.542. The summed E-state index contributed by atoms with van der Waals surface area (Å²) >= 11 is 4.82. The normalized spacial score (nSPS) is 11.3. The van der Waals surface area contributed by atoms with E-state index >= 15 is 0 Å². The van der Waals surface area contributed by atoms with Crippen LogP contribution in [0.15, 0.2) is 56.9 Å². The van der Waals surface area contributed by atoms with Crippen LogP contribution in [0.3, 0.4) is 0 Å². The lowest BCUT2D eigenvalue weighted by atomic mass is 10.1. The van der Waals surface area contributed by atoms with E-state index in [1.54, 1.807) is 6.26 Å². The van der Waals surface area contributed by atoms with Crippen molar-refractivity contribution in [2.24, 2.45) is 0 Å². The molecule has 2 aromatic heterocycles. The average molecular weight is 357 g/mol. The highest BCUT2D eigenvalue weighted by atomic mass is 79.9. The van der Waals surface area contributed by atoms with Crippen LogP contribution < -0.4 is 0 Å². The maximum atomic E-state index is 9.35. The third-order valence-electron chi connectivity index (χ3n) is 2.81. The monoisotopic (exact) mass is 356 g/mol. The first-order valence-corrected chi connectivity index (χ1v) is 7.80. The Morgan fingerprint density at radius 2 is 2.10 bits per heavy atom. The zero-order valence-electron chi connectivity index (χ0n) is 10.8. The van der Waals surface area contributed by atoms with Gasteiger partial charge in [0.25, 0.3) is 0 Å². The molecule has 0 unspecified atom stereocenters. The molecule has 0 radical (unpaired) electrons. The number of thiazole rings is 1. The van der Waals surface area contributed by atoms with E-state index in [1.165, 1.54) is 11.3 Å². The minimum absolute atomic E-state index is 0.542. The van der Waals surface area contributed by atoms with Crippen LogP contribution in [-0.4, -0.2) is 4.98 Å². The van der Waals surface area contributed by atoms with E-state index in [1.807, 2.05) is 47.9 Å². The summed E-state index contributed by atoms with van der Waals surface area (Å²) in [4.78, 5) is 4.46. The molecule has 3 rings (SSSR count). The molecular weight excluding hydrogens is 348 g/mol. The van der Waals surface area contributed by atoms with Crippen molar-refractivity contribution in [3.63, 3.8) is 0 Å². The smallest absolute Gasteiger partial charge is 0.153 e. The highest BCUT2D eigenvalue weighted by Gasteiger charge is 2.10. The molecular formula is C16H9BrN2OS. The number of halogens is 1. The number of nitriles is 1. The van der Waals surface area contributed by atoms with Crippen LogP contribution in [0.2, 0.25) is 0 Å². The van der Waals surface area contributed by atoms with Crippen LogP contribution in [0.25, 0.3) is 23.1 Å². The Morgan fingerprint density at radius 3 is 2.76 bits per heavy atom. The van der Waals surface area contributed by atoms with Crippen LogP contribution in [-0.2, 0) is 0 Å². The number of allylic oxidation sites excluding steroid dienone is 1. The number of benzene rings is 1. The summed E-state index contributed by atoms with van der Waals surface area (Å²) < 4.78 is 6.32. The quantitative estimate of drug-likeness (QED) is 0.603. The molecule has 0 N–H and O–H groups in total. The summed E-state index contributed by atoms with van der Waals surface area (Å²) in [5.74, 6) is 0.707. The Bertz CT molecular complexity index is 811. The molecule has 0 bridgehead atoms. The summed E-state index contributed by atoms with van der Waals surface area (Å²) in [6, 6.07) is 13.7. The van der Waals surface area contributed by atoms with E-state index in [0.717, 1.165) is 15.7 Å². The third kappa shape index (κ3) is 3.13. The van der Waals surface area contributed by atoms with Gasteiger partial charge in [-0.2, -0.15) is 5.26 Å². The van der Waals surface area contributed by atoms with Gasteiger partial charge in [-0.05, 0) is 35.9 Å². The Hall–Kier alpha value is -2.16. The molecule has 0 spiro atoms. The van der Waals surface area contributed by atoms with Gasteiger partial charge in [-0.3, -0.25) is 0 Å². The third-order valence-corrected chi connectivity index (χ3v) is 4.21. The maximum absolute atomic E-state index is 9.35. The Kier molecular flexibility index (Phi) is 4.00. The Labute approximate surface area is 134 Å². The van der Waals surface area contributed by atoms with Crippen molar-refractivity contribution in [3.8, 4) is 17.5 Å². The number of hydrogen-bond donors (Lipinski definition) is 0. The second-order valence-electron chi connectivity index (χ2n) is 4.24. The van der Waals surface area contributed by atoms with Crippen LogP contribution in [0.1, 0.15) is 10.6 Å². The molecule has 21 heavy (non-hydrogen) atoms. The second-order valence-corrected chi connectivity index (χ2v) is 6.01. The van der Waals surface area contributed by atoms with E-state index < -0.39 is 0 Å². The van der Waals surface area contributed by atoms with E-state index in [0.29, 0.717) is 16.3 Å². The van der Waals surface area contributed by atoms with Gasteiger partial charge in [0, 0.05) is 9.85 Å². The van der Waals surface area contributed by atoms with Gasteiger partial charge >= 0.3 is 0 Å². The Morgan fingerprint density at radius 1 is 1.29 bits per heavy atom. The molecule has 0 amide bonds. The second kappa shape index (κ2) is 6.08. The predicted octanol–water partition coefficient (Wildman–Crippen LogP) is 5.23. The molecule has 5 heteroatoms. The molecule has 0 saturated heterocycles. The summed E-state index contributed by atoms with van der Waals surface area (Å²) in [5, 5.41) is 11.9. The Balaban J connectivity index is 1.94. The van der Waals surface area contributed by atoms with E-state index in [-0.39, 0.29) is 0 Å². The standard InChI is InChI=1S/C16H9BrN2OS/c17-13-5-3-11(4-6-13)8-12(9-18)16-19-14(10-21-16)15-2-1-7-20-15/h1-8,10H. The fourth-order valence-corrected chi connectivity index (χ4v) is 2.84. The van der Waals surface area contributed by atoms with Crippen molar-refractivity contribution in [1.82, 2.24) is 4.98 Å². The lowest BCUT2D eigenvalue weighted by Crippen LogP contribution is -1.82. The fraction of sp³-hybridized carbons (Fsp3) is 0. The van der Waals surface area contributed by atoms with E-state index in [9.17, 15) is 5.26 Å². The van der Waals surface area contributed by atoms with Crippen LogP contribution in [0.5, 0.6) is 0 Å². The van der Waals surface area contributed by atoms with Crippen LogP contribution >= 0.6 is 27.3 Å². The van der Waals surface area contributed by atoms with Gasteiger partial charge in [0.15, 0.2) is 5.76 Å². The molecule has 0 aliphatic carbocycles. The number of aromatic nitrogens is 1. The van der Waals surface area contributed by atoms with Crippen molar-refractivity contribution in [2.75, 3.05) is 0 Å². The molecule has 2 heterocycles. The molecule has 0 saturated carbocycles. The number of furan rings is 1. The fourth-order valence-electron chi connectivity index (χ4n) is 1.80. The maximum Gasteiger partial charge on any atom is 0.153 e. The average Bonchev–Trinajstić information content (AvgIpc) is 3.17. The summed E-state index contributed by atoms with van der Waals surface area (Å²) in [7, 11) is 0. The molecule has 102 valence electrons. The van der Waals surface area contributed by atoms with Crippen molar-refractivity contribution in [3.05, 3.63) is 63.1 Å². The van der Waals surface area contributed by atoms with Crippen LogP contribution in [0.4, 0.5) is 0 Å². The van der Waals surface area contributed by atoms with Gasteiger partial charge in [-0.1, -0.05) is 28.1 Å². The minimum Gasteiger partial charge on any atom is -0.463 e. The zero-order chi connectivity index (χ0) is 14.7. The van der Waals surface area contributed by atoms with Gasteiger partial charge in [0.1, 0.15) is 16.8 Å². The molecule has 1 aromatic carbocycles. The van der Waals surface area contributed by atoms with Gasteiger partial charge in [0.05, 0.1) is 11.8 Å². The first kappa shape index (κ1) is 13.8. The van der Waals surface area contributed by atoms with Gasteiger partial charge in [-0.25, -0.2) is 4.98 Å². The highest BCUT2D eigenvalue weighted by molar-refractivity contribution is 9.10. The molecule has 0 aliphatic rings. The van der Waals surface area contributed by atoms with Crippen molar-refractivity contribution in [1.29, 1.82) is 5.26 Å². The van der Waals surface area contributed by atoms with E-state index in [2.05, 4.69) is 27.0 Å². The largest absolute Gasteiger partial charge is 0.463 e. The SMILES string of the molecule is N#CC(=Cc1ccc(Br)cc1)c1nc(-c2ccco2)cs1. The molecule has 0 fully saturated rings. The highest BCUT2D eigenvalue weighted by Crippen LogP contribution is 2.27. The first-order valence-electron chi connectivity index (χ1n) is 6.13. The van der Waals surface area contributed by atoms with Crippen LogP contribution in [0, 0.1) is 11.3 Å². The summed E-state index contributed by atoms with van der Waals surface area (Å²) in [6.07, 6.45) is 3.44. The van der Waals surface area contributed by atoms with Gasteiger partial charge < -0.3 is 4.42 Å². The number of nitrogens with zero attached hydrogens (tertiary/aromatic N) is 2. The topological polar surface area (TPSA) is 49.8 Å². The lowest BCUT2D eigenvalue weighted by Gasteiger charge is -1.96. The van der Waals surface area contributed by atoms with Crippen molar-refractivity contribution in [2.45, 2.75) is 0 Å². The number of hydrogen-bond acceptors (Lipinski definition) is 4. The molecule has 3 aromatic rings. The van der Waals surface area contributed by atoms with Crippen molar-refractivity contribution < 1.29 is 4.42 Å². The number of rotatable bonds is 3. The molecule has 0 aliphatic heterocycles. The summed E-state index contributed by atoms with van der Waals surface area (Å²) in [5.41, 5.74) is 2.25. The lowest BCUT2D eigenvalue weighted by molar-refractivity contribution is 0.580. The molecule has 3 nitrogen and oxygen atoms in total. The zero-order valence-corrected chi connectivity index (χ0v) is 13.2. The first-order chi connectivity index (χ1) is 10.3. The van der Waals surface area contributed by atoms with Gasteiger partial charge in [-0.15, -0.1) is 11.3 Å². The van der Waals surface area contributed by atoms with Gasteiger partial charge in [0.2, 0.25) is 0 Å². The van der Waals surface area contributed by atoms with E-state index in [4.69, 9.17) is 4.42 Å². The van der Waals surface area contributed by atoms with Crippen molar-refractivity contribution >= 4 is 38.9 Å². The summed E-state index contributed by atoms with van der Waals surface area (Å²) in [6.45, 7) is 0. The molecule has 0 atom stereocenters. The predicted molar refractivity (Wildman–Crippen MR) is 87.4 cm³/mol.